The number of rotatable bonds is 2. The minimum absolute atomic E-state index is 0.105. The number of hydrogen-bond donors (Lipinski definition) is 0. The average Bonchev–Trinajstić information content (AvgIpc) is 2.79. The number of carbonyl (C=O) groups is 1. The fraction of sp³-hybridized carbons (Fsp3) is 0.357. The van der Waals surface area contributed by atoms with E-state index in [0.717, 1.165) is 11.3 Å². The topological polar surface area (TPSA) is 47.8 Å². The second-order valence-electron chi connectivity index (χ2n) is 5.37. The molecule has 94 valence electrons. The third-order valence-electron chi connectivity index (χ3n) is 2.79. The molecule has 0 saturated carbocycles. The van der Waals surface area contributed by atoms with Crippen molar-refractivity contribution in [1.29, 1.82) is 0 Å². The molecule has 2 aromatic rings. The van der Waals surface area contributed by atoms with E-state index < -0.39 is 5.41 Å². The summed E-state index contributed by atoms with van der Waals surface area (Å²) in [5.74, 6) is 0.105. The molecule has 0 spiro atoms. The van der Waals surface area contributed by atoms with Crippen molar-refractivity contribution < 1.29 is 4.79 Å². The van der Waals surface area contributed by atoms with E-state index in [0.29, 0.717) is 5.56 Å². The monoisotopic (exact) mass is 243 g/mol. The molecule has 4 nitrogen and oxygen atoms in total. The highest BCUT2D eigenvalue weighted by Gasteiger charge is 2.27. The van der Waals surface area contributed by atoms with E-state index in [4.69, 9.17) is 0 Å². The molecule has 1 aromatic carbocycles. The number of carbonyl (C=O) groups excluding carboxylic acids is 1. The Bertz CT molecular complexity index is 565. The summed E-state index contributed by atoms with van der Waals surface area (Å²) in [6, 6.07) is 5.71. The third-order valence-corrected chi connectivity index (χ3v) is 2.79. The van der Waals surface area contributed by atoms with Gasteiger partial charge in [-0.2, -0.15) is 15.0 Å². The van der Waals surface area contributed by atoms with Gasteiger partial charge >= 0.3 is 0 Å². The van der Waals surface area contributed by atoms with Gasteiger partial charge in [-0.25, -0.2) is 0 Å². The zero-order valence-corrected chi connectivity index (χ0v) is 11.1. The quantitative estimate of drug-likeness (QED) is 0.762. The van der Waals surface area contributed by atoms with Crippen molar-refractivity contribution in [3.05, 3.63) is 41.7 Å². The van der Waals surface area contributed by atoms with Gasteiger partial charge in [0.25, 0.3) is 0 Å². The molecular formula is C14H17N3O. The first-order valence-corrected chi connectivity index (χ1v) is 5.92. The SMILES string of the molecule is Cc1cccc(-n2nccn2)c1C(=O)C(C)(C)C. The Balaban J connectivity index is 2.63. The lowest BCUT2D eigenvalue weighted by atomic mass is 9.84. The first-order valence-electron chi connectivity index (χ1n) is 5.92. The summed E-state index contributed by atoms with van der Waals surface area (Å²) in [5.41, 5.74) is 1.96. The maximum Gasteiger partial charge on any atom is 0.170 e. The van der Waals surface area contributed by atoms with E-state index in [2.05, 4.69) is 10.2 Å². The number of benzene rings is 1. The molecule has 0 amide bonds. The number of Topliss-reactive ketones (excluding diaryl/α,β-unsaturated/α-hetero) is 1. The van der Waals surface area contributed by atoms with Crippen molar-refractivity contribution in [1.82, 2.24) is 15.0 Å². The summed E-state index contributed by atoms with van der Waals surface area (Å²) < 4.78 is 0. The molecule has 0 bridgehead atoms. The van der Waals surface area contributed by atoms with E-state index in [1.165, 1.54) is 4.80 Å². The molecule has 0 aliphatic heterocycles. The molecule has 0 aliphatic carbocycles. The second kappa shape index (κ2) is 4.37. The van der Waals surface area contributed by atoms with Gasteiger partial charge in [0.05, 0.1) is 18.1 Å². The molecule has 0 saturated heterocycles. The fourth-order valence-corrected chi connectivity index (χ4v) is 1.83. The van der Waals surface area contributed by atoms with Gasteiger partial charge < -0.3 is 0 Å². The molecule has 0 aliphatic rings. The minimum Gasteiger partial charge on any atom is -0.293 e. The smallest absolute Gasteiger partial charge is 0.170 e. The Kier molecular flexibility index (Phi) is 3.03. The van der Waals surface area contributed by atoms with Crippen molar-refractivity contribution in [3.63, 3.8) is 0 Å². The first kappa shape index (κ1) is 12.5. The van der Waals surface area contributed by atoms with Gasteiger partial charge in [0.15, 0.2) is 5.78 Å². The lowest BCUT2D eigenvalue weighted by Crippen LogP contribution is -2.23. The summed E-state index contributed by atoms with van der Waals surface area (Å²) >= 11 is 0. The maximum atomic E-state index is 12.5. The highest BCUT2D eigenvalue weighted by Crippen LogP contribution is 2.27. The molecule has 4 heteroatoms. The van der Waals surface area contributed by atoms with Crippen molar-refractivity contribution in [2.45, 2.75) is 27.7 Å². The molecule has 0 unspecified atom stereocenters. The molecule has 1 heterocycles. The molecule has 2 rings (SSSR count). The molecule has 0 radical (unpaired) electrons. The molecule has 18 heavy (non-hydrogen) atoms. The molecular weight excluding hydrogens is 226 g/mol. The number of hydrogen-bond acceptors (Lipinski definition) is 3. The molecule has 0 fully saturated rings. The van der Waals surface area contributed by atoms with Crippen LogP contribution in [0.5, 0.6) is 0 Å². The molecule has 0 atom stereocenters. The van der Waals surface area contributed by atoms with Crippen LogP contribution in [0.1, 0.15) is 36.7 Å². The Labute approximate surface area is 107 Å². The lowest BCUT2D eigenvalue weighted by Gasteiger charge is -2.20. The summed E-state index contributed by atoms with van der Waals surface area (Å²) in [7, 11) is 0. The van der Waals surface area contributed by atoms with Crippen LogP contribution in [0.4, 0.5) is 0 Å². The molecule has 0 N–H and O–H groups in total. The Morgan fingerprint density at radius 1 is 1.17 bits per heavy atom. The van der Waals surface area contributed by atoms with Gasteiger partial charge in [0, 0.05) is 11.0 Å². The molecule has 1 aromatic heterocycles. The van der Waals surface area contributed by atoms with Crippen LogP contribution < -0.4 is 0 Å². The van der Waals surface area contributed by atoms with Gasteiger partial charge in [0.1, 0.15) is 0 Å². The Morgan fingerprint density at radius 2 is 1.78 bits per heavy atom. The van der Waals surface area contributed by atoms with Crippen molar-refractivity contribution in [2.24, 2.45) is 5.41 Å². The summed E-state index contributed by atoms with van der Waals surface area (Å²) in [5, 5.41) is 8.21. The van der Waals surface area contributed by atoms with Crippen LogP contribution in [-0.4, -0.2) is 20.8 Å². The number of nitrogens with zero attached hydrogens (tertiary/aromatic N) is 3. The van der Waals surface area contributed by atoms with Crippen LogP contribution >= 0.6 is 0 Å². The van der Waals surface area contributed by atoms with Crippen LogP contribution in [-0.2, 0) is 0 Å². The number of ketones is 1. The number of aryl methyl sites for hydroxylation is 1. The Hall–Kier alpha value is -1.97. The van der Waals surface area contributed by atoms with E-state index in [9.17, 15) is 4.79 Å². The van der Waals surface area contributed by atoms with E-state index >= 15 is 0 Å². The average molecular weight is 243 g/mol. The normalized spacial score (nSPS) is 11.6. The zero-order chi connectivity index (χ0) is 13.3. The maximum absolute atomic E-state index is 12.5. The van der Waals surface area contributed by atoms with Crippen molar-refractivity contribution >= 4 is 5.78 Å². The lowest BCUT2D eigenvalue weighted by molar-refractivity contribution is 0.0857. The highest BCUT2D eigenvalue weighted by atomic mass is 16.1. The van der Waals surface area contributed by atoms with Gasteiger partial charge in [-0.3, -0.25) is 4.79 Å². The number of aromatic nitrogens is 3. The van der Waals surface area contributed by atoms with Gasteiger partial charge in [-0.15, -0.1) is 0 Å². The first-order chi connectivity index (χ1) is 8.41. The van der Waals surface area contributed by atoms with Crippen molar-refractivity contribution in [3.8, 4) is 5.69 Å². The van der Waals surface area contributed by atoms with Crippen molar-refractivity contribution in [2.75, 3.05) is 0 Å². The highest BCUT2D eigenvalue weighted by molar-refractivity contribution is 6.03. The van der Waals surface area contributed by atoms with Crippen LogP contribution in [0.25, 0.3) is 5.69 Å². The van der Waals surface area contributed by atoms with E-state index in [1.54, 1.807) is 12.4 Å². The largest absolute Gasteiger partial charge is 0.293 e. The fourth-order valence-electron chi connectivity index (χ4n) is 1.83. The van der Waals surface area contributed by atoms with E-state index in [1.807, 2.05) is 45.9 Å². The van der Waals surface area contributed by atoms with Crippen LogP contribution in [0.3, 0.4) is 0 Å². The Morgan fingerprint density at radius 3 is 2.33 bits per heavy atom. The zero-order valence-electron chi connectivity index (χ0n) is 11.1. The second-order valence-corrected chi connectivity index (χ2v) is 5.37. The van der Waals surface area contributed by atoms with E-state index in [-0.39, 0.29) is 5.78 Å². The van der Waals surface area contributed by atoms with Crippen LogP contribution in [0.2, 0.25) is 0 Å². The third kappa shape index (κ3) is 2.18. The predicted molar refractivity (Wildman–Crippen MR) is 69.9 cm³/mol. The van der Waals surface area contributed by atoms with Crippen LogP contribution in [0, 0.1) is 12.3 Å². The van der Waals surface area contributed by atoms with Gasteiger partial charge in [-0.05, 0) is 18.6 Å². The summed E-state index contributed by atoms with van der Waals surface area (Å²) in [6.45, 7) is 7.69. The van der Waals surface area contributed by atoms with Crippen LogP contribution in [0.15, 0.2) is 30.6 Å². The summed E-state index contributed by atoms with van der Waals surface area (Å²) in [4.78, 5) is 14.0. The minimum atomic E-state index is -0.423. The predicted octanol–water partition coefficient (Wildman–Crippen LogP) is 2.80. The van der Waals surface area contributed by atoms with Gasteiger partial charge in [-0.1, -0.05) is 32.9 Å². The van der Waals surface area contributed by atoms with Gasteiger partial charge in [0.2, 0.25) is 0 Å². The standard InChI is InChI=1S/C14H17N3O/c1-10-6-5-7-11(17-15-8-9-16-17)12(10)13(18)14(2,3)4/h5-9H,1-4H3. The summed E-state index contributed by atoms with van der Waals surface area (Å²) in [6.07, 6.45) is 3.21.